The molecule has 2 rings (SSSR count). The first-order valence-electron chi connectivity index (χ1n) is 6.39. The molecule has 0 unspecified atom stereocenters. The number of nitrogens with one attached hydrogen (secondary N) is 3. The van der Waals surface area contributed by atoms with E-state index in [0.29, 0.717) is 22.2 Å². The summed E-state index contributed by atoms with van der Waals surface area (Å²) in [4.78, 5) is 28.4. The van der Waals surface area contributed by atoms with Crippen LogP contribution in [0.15, 0.2) is 22.9 Å². The van der Waals surface area contributed by atoms with Gasteiger partial charge in [-0.2, -0.15) is 0 Å². The van der Waals surface area contributed by atoms with E-state index < -0.39 is 0 Å². The standard InChI is InChI=1S/C13H16N4O2S2.2ClH/c1-14-4-5-15-11(18)7-9-8-21-13(16-9)17-12(19)10-3-2-6-20-10;;/h2-3,6,8,14H,4-5,7H2,1H3,(H,15,18)(H,16,17,19);2*1H. The predicted octanol–water partition coefficient (Wildman–Crippen LogP) is 2.18. The van der Waals surface area contributed by atoms with E-state index in [1.807, 2.05) is 18.5 Å². The molecule has 6 nitrogen and oxygen atoms in total. The number of hydrogen-bond donors (Lipinski definition) is 3. The van der Waals surface area contributed by atoms with Crippen molar-refractivity contribution in [3.8, 4) is 0 Å². The van der Waals surface area contributed by atoms with Gasteiger partial charge in [0.15, 0.2) is 5.13 Å². The lowest BCUT2D eigenvalue weighted by Gasteiger charge is -2.02. The molecule has 0 atom stereocenters. The number of carbonyl (C=O) groups excluding carboxylic acids is 2. The third-order valence-electron chi connectivity index (χ3n) is 2.56. The molecule has 128 valence electrons. The van der Waals surface area contributed by atoms with Crippen LogP contribution in [0.25, 0.3) is 0 Å². The Balaban J connectivity index is 0.00000242. The van der Waals surface area contributed by atoms with Crippen LogP contribution in [0.2, 0.25) is 0 Å². The second-order valence-corrected chi connectivity index (χ2v) is 6.01. The van der Waals surface area contributed by atoms with Gasteiger partial charge in [0.2, 0.25) is 5.91 Å². The molecule has 2 amide bonds. The van der Waals surface area contributed by atoms with E-state index in [9.17, 15) is 9.59 Å². The molecule has 2 heterocycles. The third kappa shape index (κ3) is 7.28. The van der Waals surface area contributed by atoms with Crippen LogP contribution in [-0.4, -0.2) is 36.9 Å². The number of amides is 2. The molecule has 23 heavy (non-hydrogen) atoms. The molecule has 0 saturated heterocycles. The summed E-state index contributed by atoms with van der Waals surface area (Å²) in [5, 5.41) is 12.6. The van der Waals surface area contributed by atoms with Crippen molar-refractivity contribution in [1.82, 2.24) is 15.6 Å². The zero-order chi connectivity index (χ0) is 15.1. The summed E-state index contributed by atoms with van der Waals surface area (Å²) in [6.07, 6.45) is 0.217. The SMILES string of the molecule is CNCCNC(=O)Cc1csc(NC(=O)c2cccs2)n1.Cl.Cl. The summed E-state index contributed by atoms with van der Waals surface area (Å²) >= 11 is 2.69. The molecule has 0 radical (unpaired) electrons. The van der Waals surface area contributed by atoms with Crippen LogP contribution in [-0.2, 0) is 11.2 Å². The van der Waals surface area contributed by atoms with E-state index in [-0.39, 0.29) is 43.0 Å². The first-order valence-corrected chi connectivity index (χ1v) is 8.15. The minimum absolute atomic E-state index is 0. The van der Waals surface area contributed by atoms with E-state index in [1.54, 1.807) is 11.4 Å². The summed E-state index contributed by atoms with van der Waals surface area (Å²) in [7, 11) is 1.83. The fourth-order valence-electron chi connectivity index (χ4n) is 1.57. The largest absolute Gasteiger partial charge is 0.354 e. The van der Waals surface area contributed by atoms with Gasteiger partial charge in [-0.05, 0) is 18.5 Å². The Morgan fingerprint density at radius 2 is 2.00 bits per heavy atom. The number of thiazole rings is 1. The van der Waals surface area contributed by atoms with Crippen molar-refractivity contribution >= 4 is 64.4 Å². The topological polar surface area (TPSA) is 83.1 Å². The van der Waals surface area contributed by atoms with Gasteiger partial charge in [0, 0.05) is 18.5 Å². The van der Waals surface area contributed by atoms with E-state index >= 15 is 0 Å². The number of carbonyl (C=O) groups is 2. The van der Waals surface area contributed by atoms with Crippen LogP contribution < -0.4 is 16.0 Å². The number of likely N-dealkylation sites (N-methyl/N-ethyl adjacent to an activating group) is 1. The number of hydrogen-bond acceptors (Lipinski definition) is 6. The molecular weight excluding hydrogens is 379 g/mol. The molecule has 10 heteroatoms. The lowest BCUT2D eigenvalue weighted by atomic mass is 10.3. The van der Waals surface area contributed by atoms with Gasteiger partial charge >= 0.3 is 0 Å². The van der Waals surface area contributed by atoms with Crippen LogP contribution >= 0.6 is 47.5 Å². The Morgan fingerprint density at radius 3 is 2.65 bits per heavy atom. The maximum atomic E-state index is 11.9. The number of aromatic nitrogens is 1. The van der Waals surface area contributed by atoms with E-state index in [4.69, 9.17) is 0 Å². The van der Waals surface area contributed by atoms with E-state index in [2.05, 4.69) is 20.9 Å². The lowest BCUT2D eigenvalue weighted by molar-refractivity contribution is -0.120. The average molecular weight is 397 g/mol. The van der Waals surface area contributed by atoms with Gasteiger partial charge in [-0.15, -0.1) is 47.5 Å². The fourth-order valence-corrected chi connectivity index (χ4v) is 2.89. The smallest absolute Gasteiger partial charge is 0.267 e. The van der Waals surface area contributed by atoms with Gasteiger partial charge in [-0.3, -0.25) is 14.9 Å². The second kappa shape index (κ2) is 11.4. The van der Waals surface area contributed by atoms with Gasteiger partial charge in [0.1, 0.15) is 0 Å². The zero-order valence-corrected chi connectivity index (χ0v) is 15.6. The summed E-state index contributed by atoms with van der Waals surface area (Å²) in [6.45, 7) is 1.31. The van der Waals surface area contributed by atoms with Crippen molar-refractivity contribution < 1.29 is 9.59 Å². The number of thiophene rings is 1. The van der Waals surface area contributed by atoms with E-state index in [1.165, 1.54) is 22.7 Å². The lowest BCUT2D eigenvalue weighted by Crippen LogP contribution is -2.31. The minimum Gasteiger partial charge on any atom is -0.354 e. The molecule has 2 aromatic heterocycles. The number of rotatable bonds is 7. The average Bonchev–Trinajstić information content (AvgIpc) is 3.10. The van der Waals surface area contributed by atoms with E-state index in [0.717, 1.165) is 6.54 Å². The number of nitrogens with zero attached hydrogens (tertiary/aromatic N) is 1. The molecule has 0 bridgehead atoms. The van der Waals surface area contributed by atoms with Crippen LogP contribution in [0, 0.1) is 0 Å². The summed E-state index contributed by atoms with van der Waals surface area (Å²) in [6, 6.07) is 3.58. The highest BCUT2D eigenvalue weighted by molar-refractivity contribution is 7.14. The second-order valence-electron chi connectivity index (χ2n) is 4.21. The normalized spacial score (nSPS) is 9.43. The van der Waals surface area contributed by atoms with Gasteiger partial charge < -0.3 is 10.6 Å². The summed E-state index contributed by atoms with van der Waals surface area (Å²) in [5.74, 6) is -0.254. The van der Waals surface area contributed by atoms with Gasteiger partial charge in [0.25, 0.3) is 5.91 Å². The molecule has 0 saturated carbocycles. The highest BCUT2D eigenvalue weighted by Gasteiger charge is 2.11. The molecule has 3 N–H and O–H groups in total. The fraction of sp³-hybridized carbons (Fsp3) is 0.308. The molecule has 0 aliphatic rings. The highest BCUT2D eigenvalue weighted by atomic mass is 35.5. The number of halogens is 2. The monoisotopic (exact) mass is 396 g/mol. The highest BCUT2D eigenvalue weighted by Crippen LogP contribution is 2.18. The van der Waals surface area contributed by atoms with Crippen molar-refractivity contribution in [2.24, 2.45) is 0 Å². The van der Waals surface area contributed by atoms with Crippen molar-refractivity contribution in [2.45, 2.75) is 6.42 Å². The van der Waals surface area contributed by atoms with Crippen molar-refractivity contribution in [3.63, 3.8) is 0 Å². The van der Waals surface area contributed by atoms with Gasteiger partial charge in [-0.25, -0.2) is 4.98 Å². The van der Waals surface area contributed by atoms with Crippen LogP contribution in [0.5, 0.6) is 0 Å². The zero-order valence-electron chi connectivity index (χ0n) is 12.3. The number of anilines is 1. The minimum atomic E-state index is -0.177. The predicted molar refractivity (Wildman–Crippen MR) is 99.5 cm³/mol. The molecule has 2 aromatic rings. The Labute approximate surface area is 154 Å². The first-order chi connectivity index (χ1) is 10.2. The molecule has 0 aromatic carbocycles. The van der Waals surface area contributed by atoms with Crippen LogP contribution in [0.3, 0.4) is 0 Å². The Kier molecular flexibility index (Phi) is 10.8. The molecular formula is C13H18Cl2N4O2S2. The van der Waals surface area contributed by atoms with Crippen molar-refractivity contribution in [3.05, 3.63) is 33.5 Å². The van der Waals surface area contributed by atoms with Gasteiger partial charge in [-0.1, -0.05) is 6.07 Å². The maximum Gasteiger partial charge on any atom is 0.267 e. The van der Waals surface area contributed by atoms with Crippen molar-refractivity contribution in [2.75, 3.05) is 25.5 Å². The van der Waals surface area contributed by atoms with Crippen LogP contribution in [0.4, 0.5) is 5.13 Å². The first kappa shape index (κ1) is 21.8. The quantitative estimate of drug-likeness (QED) is 0.626. The Morgan fingerprint density at radius 1 is 1.22 bits per heavy atom. The third-order valence-corrected chi connectivity index (χ3v) is 4.23. The molecule has 0 aliphatic carbocycles. The van der Waals surface area contributed by atoms with Crippen LogP contribution in [0.1, 0.15) is 15.4 Å². The Hall–Kier alpha value is -1.19. The molecule has 0 spiro atoms. The molecule has 0 fully saturated rings. The van der Waals surface area contributed by atoms with Gasteiger partial charge in [0.05, 0.1) is 17.0 Å². The Bertz CT molecular complexity index is 605. The summed E-state index contributed by atoms with van der Waals surface area (Å²) < 4.78 is 0. The maximum absolute atomic E-state index is 11.9. The molecule has 0 aliphatic heterocycles. The summed E-state index contributed by atoms with van der Waals surface area (Å²) in [5.41, 5.74) is 0.656. The van der Waals surface area contributed by atoms with Crippen molar-refractivity contribution in [1.29, 1.82) is 0 Å².